The van der Waals surface area contributed by atoms with Crippen LogP contribution in [0.25, 0.3) is 11.4 Å². The van der Waals surface area contributed by atoms with E-state index in [0.717, 1.165) is 0 Å². The van der Waals surface area contributed by atoms with Gasteiger partial charge in [0.1, 0.15) is 0 Å². The summed E-state index contributed by atoms with van der Waals surface area (Å²) in [6.45, 7) is 0. The largest absolute Gasteiger partial charge is 0.467 e. The van der Waals surface area contributed by atoms with E-state index in [9.17, 15) is 0 Å². The number of halogens is 3. The van der Waals surface area contributed by atoms with E-state index in [1.165, 1.54) is 7.11 Å². The molecule has 1 aromatic carbocycles. The van der Waals surface area contributed by atoms with Gasteiger partial charge >= 0.3 is 6.01 Å². The standard InChI is InChI=1S/C10H6Cl3N3O/c1-17-10-15-8(14-9(13)16-10)5-3-2-4-6(11)7(5)12/h2-4H,1H3. The summed E-state index contributed by atoms with van der Waals surface area (Å²) in [5.41, 5.74) is 0.571. The van der Waals surface area contributed by atoms with Crippen molar-refractivity contribution in [1.29, 1.82) is 0 Å². The highest BCUT2D eigenvalue weighted by Crippen LogP contribution is 2.32. The predicted molar refractivity (Wildman–Crippen MR) is 66.8 cm³/mol. The van der Waals surface area contributed by atoms with Gasteiger partial charge in [0.25, 0.3) is 0 Å². The molecule has 1 aromatic heterocycles. The summed E-state index contributed by atoms with van der Waals surface area (Å²) < 4.78 is 4.90. The summed E-state index contributed by atoms with van der Waals surface area (Å²) in [4.78, 5) is 11.8. The first-order valence-electron chi connectivity index (χ1n) is 4.51. The Morgan fingerprint density at radius 1 is 1.06 bits per heavy atom. The van der Waals surface area contributed by atoms with Gasteiger partial charge in [-0.05, 0) is 23.7 Å². The molecule has 0 aliphatic rings. The fourth-order valence-electron chi connectivity index (χ4n) is 1.22. The van der Waals surface area contributed by atoms with Crippen molar-refractivity contribution in [3.8, 4) is 17.4 Å². The average molecular weight is 291 g/mol. The van der Waals surface area contributed by atoms with E-state index in [-0.39, 0.29) is 11.3 Å². The molecular formula is C10H6Cl3N3O. The summed E-state index contributed by atoms with van der Waals surface area (Å²) in [6, 6.07) is 5.27. The minimum atomic E-state index is 0.0305. The molecule has 0 N–H and O–H groups in total. The minimum Gasteiger partial charge on any atom is -0.467 e. The smallest absolute Gasteiger partial charge is 0.321 e. The van der Waals surface area contributed by atoms with Crippen LogP contribution in [-0.4, -0.2) is 22.1 Å². The minimum absolute atomic E-state index is 0.0305. The Labute approximate surface area is 113 Å². The Hall–Kier alpha value is -1.10. The molecular weight excluding hydrogens is 284 g/mol. The van der Waals surface area contributed by atoms with Crippen molar-refractivity contribution in [3.63, 3.8) is 0 Å². The van der Waals surface area contributed by atoms with Crippen LogP contribution in [0.15, 0.2) is 18.2 Å². The molecule has 0 saturated heterocycles. The van der Waals surface area contributed by atoms with Crippen molar-refractivity contribution < 1.29 is 4.74 Å². The molecule has 0 saturated carbocycles. The Bertz CT molecular complexity index is 562. The highest BCUT2D eigenvalue weighted by Gasteiger charge is 2.12. The van der Waals surface area contributed by atoms with Gasteiger partial charge < -0.3 is 4.74 Å². The highest BCUT2D eigenvalue weighted by atomic mass is 35.5. The van der Waals surface area contributed by atoms with E-state index < -0.39 is 0 Å². The number of nitrogens with zero attached hydrogens (tertiary/aromatic N) is 3. The van der Waals surface area contributed by atoms with Gasteiger partial charge in [-0.25, -0.2) is 0 Å². The molecule has 0 amide bonds. The maximum atomic E-state index is 6.06. The maximum Gasteiger partial charge on any atom is 0.321 e. The van der Waals surface area contributed by atoms with Gasteiger partial charge in [0.05, 0.1) is 17.2 Å². The fraction of sp³-hybridized carbons (Fsp3) is 0.100. The lowest BCUT2D eigenvalue weighted by Gasteiger charge is -2.05. The second-order valence-electron chi connectivity index (χ2n) is 3.02. The summed E-state index contributed by atoms with van der Waals surface area (Å²) in [5, 5.41) is 0.807. The Morgan fingerprint density at radius 3 is 2.53 bits per heavy atom. The second-order valence-corrected chi connectivity index (χ2v) is 4.14. The number of rotatable bonds is 2. The zero-order valence-corrected chi connectivity index (χ0v) is 10.9. The lowest BCUT2D eigenvalue weighted by molar-refractivity contribution is 0.379. The molecule has 2 rings (SSSR count). The number of methoxy groups -OCH3 is 1. The summed E-state index contributed by atoms with van der Waals surface area (Å²) >= 11 is 17.7. The number of hydrogen-bond acceptors (Lipinski definition) is 4. The van der Waals surface area contributed by atoms with Crippen molar-refractivity contribution in [2.45, 2.75) is 0 Å². The molecule has 7 heteroatoms. The van der Waals surface area contributed by atoms with Crippen molar-refractivity contribution in [2.24, 2.45) is 0 Å². The third-order valence-electron chi connectivity index (χ3n) is 1.96. The van der Waals surface area contributed by atoms with Gasteiger partial charge in [0.15, 0.2) is 5.82 Å². The van der Waals surface area contributed by atoms with Crippen LogP contribution >= 0.6 is 34.8 Å². The van der Waals surface area contributed by atoms with Crippen molar-refractivity contribution >= 4 is 34.8 Å². The van der Waals surface area contributed by atoms with Crippen LogP contribution in [0.2, 0.25) is 15.3 Å². The summed E-state index contributed by atoms with van der Waals surface area (Å²) in [7, 11) is 1.44. The highest BCUT2D eigenvalue weighted by molar-refractivity contribution is 6.43. The second kappa shape index (κ2) is 5.04. The monoisotopic (exact) mass is 289 g/mol. The van der Waals surface area contributed by atoms with Gasteiger partial charge in [-0.3, -0.25) is 0 Å². The Balaban J connectivity index is 2.60. The Morgan fingerprint density at radius 2 is 1.82 bits per heavy atom. The predicted octanol–water partition coefficient (Wildman–Crippen LogP) is 3.51. The molecule has 0 radical (unpaired) electrons. The van der Waals surface area contributed by atoms with Gasteiger partial charge in [0.2, 0.25) is 5.28 Å². The van der Waals surface area contributed by atoms with Gasteiger partial charge in [-0.1, -0.05) is 29.3 Å². The van der Waals surface area contributed by atoms with Crippen LogP contribution in [0, 0.1) is 0 Å². The van der Waals surface area contributed by atoms with Crippen LogP contribution < -0.4 is 4.74 Å². The van der Waals surface area contributed by atoms with Gasteiger partial charge in [0, 0.05) is 5.56 Å². The third kappa shape index (κ3) is 2.60. The molecule has 0 aliphatic heterocycles. The van der Waals surface area contributed by atoms with Crippen LogP contribution in [0.1, 0.15) is 0 Å². The quantitative estimate of drug-likeness (QED) is 0.849. The first kappa shape index (κ1) is 12.4. The lowest BCUT2D eigenvalue weighted by atomic mass is 10.2. The van der Waals surface area contributed by atoms with E-state index in [4.69, 9.17) is 39.5 Å². The number of aromatic nitrogens is 3. The van der Waals surface area contributed by atoms with E-state index >= 15 is 0 Å². The maximum absolute atomic E-state index is 6.06. The van der Waals surface area contributed by atoms with Crippen LogP contribution in [-0.2, 0) is 0 Å². The molecule has 0 bridgehead atoms. The zero-order valence-electron chi connectivity index (χ0n) is 8.62. The molecule has 0 aliphatic carbocycles. The molecule has 4 nitrogen and oxygen atoms in total. The molecule has 2 aromatic rings. The van der Waals surface area contributed by atoms with E-state index in [1.807, 2.05) is 0 Å². The van der Waals surface area contributed by atoms with Crippen LogP contribution in [0.3, 0.4) is 0 Å². The van der Waals surface area contributed by atoms with Crippen LogP contribution in [0.4, 0.5) is 0 Å². The molecule has 0 spiro atoms. The normalized spacial score (nSPS) is 10.4. The summed E-state index contributed by atoms with van der Waals surface area (Å²) in [5.74, 6) is 0.314. The molecule has 88 valence electrons. The van der Waals surface area contributed by atoms with E-state index in [0.29, 0.717) is 21.4 Å². The molecule has 17 heavy (non-hydrogen) atoms. The first-order chi connectivity index (χ1) is 8.11. The number of benzene rings is 1. The Kier molecular flexibility index (Phi) is 3.66. The number of ether oxygens (including phenoxy) is 1. The van der Waals surface area contributed by atoms with Crippen molar-refractivity contribution in [2.75, 3.05) is 7.11 Å². The summed E-state index contributed by atoms with van der Waals surface area (Å²) in [6.07, 6.45) is 0. The molecule has 0 unspecified atom stereocenters. The van der Waals surface area contributed by atoms with E-state index in [1.54, 1.807) is 18.2 Å². The van der Waals surface area contributed by atoms with Gasteiger partial charge in [-0.2, -0.15) is 15.0 Å². The van der Waals surface area contributed by atoms with Gasteiger partial charge in [-0.15, -0.1) is 0 Å². The van der Waals surface area contributed by atoms with Crippen LogP contribution in [0.5, 0.6) is 6.01 Å². The molecule has 0 fully saturated rings. The first-order valence-corrected chi connectivity index (χ1v) is 5.65. The average Bonchev–Trinajstić information content (AvgIpc) is 2.31. The topological polar surface area (TPSA) is 47.9 Å². The zero-order chi connectivity index (χ0) is 12.4. The van der Waals surface area contributed by atoms with Crippen molar-refractivity contribution in [1.82, 2.24) is 15.0 Å². The number of hydrogen-bond donors (Lipinski definition) is 0. The SMILES string of the molecule is COc1nc(Cl)nc(-c2cccc(Cl)c2Cl)n1. The lowest BCUT2D eigenvalue weighted by Crippen LogP contribution is -1.98. The van der Waals surface area contributed by atoms with Crippen molar-refractivity contribution in [3.05, 3.63) is 33.5 Å². The fourth-order valence-corrected chi connectivity index (χ4v) is 1.76. The molecule has 0 atom stereocenters. The molecule has 1 heterocycles. The third-order valence-corrected chi connectivity index (χ3v) is 2.95. The van der Waals surface area contributed by atoms with E-state index in [2.05, 4.69) is 15.0 Å².